The fourth-order valence-electron chi connectivity index (χ4n) is 2.06. The molecule has 130 valence electrons. The molecule has 0 heterocycles. The minimum Gasteiger partial charge on any atom is -0.417 e. The van der Waals surface area contributed by atoms with E-state index in [0.29, 0.717) is 12.3 Å². The topological polar surface area (TPSA) is 29.5 Å². The van der Waals surface area contributed by atoms with Gasteiger partial charge in [0.1, 0.15) is 0 Å². The van der Waals surface area contributed by atoms with Crippen LogP contribution in [0.25, 0.3) is 0 Å². The van der Waals surface area contributed by atoms with E-state index < -0.39 is 14.4 Å². The molecule has 0 saturated carbocycles. The molecule has 0 aliphatic heterocycles. The zero-order valence-electron chi connectivity index (χ0n) is 15.7. The van der Waals surface area contributed by atoms with Gasteiger partial charge in [0.05, 0.1) is 6.10 Å². The van der Waals surface area contributed by atoms with E-state index in [1.54, 1.807) is 0 Å². The lowest BCUT2D eigenvalue weighted by Crippen LogP contribution is -2.41. The minimum atomic E-state index is -1.63. The summed E-state index contributed by atoms with van der Waals surface area (Å²) in [6.45, 7) is 14.4. The van der Waals surface area contributed by atoms with Crippen molar-refractivity contribution in [2.45, 2.75) is 64.8 Å². The van der Waals surface area contributed by atoms with Crippen molar-refractivity contribution in [2.24, 2.45) is 5.92 Å². The number of rotatable bonds is 8. The maximum absolute atomic E-state index is 10.1. The third kappa shape index (κ3) is 7.02. The molecule has 1 aromatic rings. The molecule has 2 atom stereocenters. The summed E-state index contributed by atoms with van der Waals surface area (Å²) < 4.78 is 6.22. The second-order valence-electron chi connectivity index (χ2n) is 7.97. The van der Waals surface area contributed by atoms with Gasteiger partial charge in [0.15, 0.2) is 8.32 Å². The molecule has 0 aliphatic carbocycles. The van der Waals surface area contributed by atoms with E-state index >= 15 is 0 Å². The molecule has 0 aromatic heterocycles. The molecule has 2 nitrogen and oxygen atoms in total. The van der Waals surface area contributed by atoms with Gasteiger partial charge in [-0.3, -0.25) is 0 Å². The van der Waals surface area contributed by atoms with Crippen molar-refractivity contribution in [1.29, 1.82) is 0 Å². The first-order valence-corrected chi connectivity index (χ1v) is 11.6. The van der Waals surface area contributed by atoms with Gasteiger partial charge in [0, 0.05) is 6.61 Å². The minimum absolute atomic E-state index is 0.270. The standard InChI is InChI=1S/C20H34O2Si/c1-17(15-16-22-23(5,6)20(2,3)4)11-10-14-19(21)18-12-8-7-9-13-18/h7-13,17,19,21H,14-16H2,1-6H3/b11-10-/t17-,19+/m0/s1. The monoisotopic (exact) mass is 334 g/mol. The smallest absolute Gasteiger partial charge is 0.191 e. The van der Waals surface area contributed by atoms with Crippen LogP contribution < -0.4 is 0 Å². The van der Waals surface area contributed by atoms with Crippen LogP contribution in [0.2, 0.25) is 18.1 Å². The molecule has 0 radical (unpaired) electrons. The van der Waals surface area contributed by atoms with Gasteiger partial charge in [0.25, 0.3) is 0 Å². The Balaban J connectivity index is 2.32. The molecule has 0 spiro atoms. The van der Waals surface area contributed by atoms with Crippen LogP contribution >= 0.6 is 0 Å². The van der Waals surface area contributed by atoms with Gasteiger partial charge in [0.2, 0.25) is 0 Å². The lowest BCUT2D eigenvalue weighted by atomic mass is 10.0. The van der Waals surface area contributed by atoms with E-state index in [4.69, 9.17) is 4.43 Å². The zero-order valence-corrected chi connectivity index (χ0v) is 16.7. The maximum Gasteiger partial charge on any atom is 0.191 e. The summed E-state index contributed by atoms with van der Waals surface area (Å²) >= 11 is 0. The molecular formula is C20H34O2Si. The average Bonchev–Trinajstić information content (AvgIpc) is 2.46. The van der Waals surface area contributed by atoms with E-state index in [0.717, 1.165) is 18.6 Å². The van der Waals surface area contributed by atoms with Gasteiger partial charge in [-0.2, -0.15) is 0 Å². The van der Waals surface area contributed by atoms with Gasteiger partial charge < -0.3 is 9.53 Å². The molecule has 23 heavy (non-hydrogen) atoms. The van der Waals surface area contributed by atoms with Gasteiger partial charge in [-0.25, -0.2) is 0 Å². The molecule has 0 saturated heterocycles. The molecule has 1 aromatic carbocycles. The van der Waals surface area contributed by atoms with Crippen LogP contribution in [-0.4, -0.2) is 20.0 Å². The number of allylic oxidation sites excluding steroid dienone is 1. The highest BCUT2D eigenvalue weighted by Gasteiger charge is 2.36. The lowest BCUT2D eigenvalue weighted by Gasteiger charge is -2.36. The molecule has 0 aliphatic rings. The van der Waals surface area contributed by atoms with Crippen LogP contribution in [0, 0.1) is 5.92 Å². The number of hydrogen-bond donors (Lipinski definition) is 1. The Morgan fingerprint density at radius 3 is 2.35 bits per heavy atom. The average molecular weight is 335 g/mol. The first kappa shape index (κ1) is 20.1. The highest BCUT2D eigenvalue weighted by atomic mass is 28.4. The Labute approximate surface area is 143 Å². The molecule has 3 heteroatoms. The third-order valence-corrected chi connectivity index (χ3v) is 9.39. The summed E-state index contributed by atoms with van der Waals surface area (Å²) in [6, 6.07) is 9.83. The number of hydrogen-bond acceptors (Lipinski definition) is 2. The number of aliphatic hydroxyl groups is 1. The number of aliphatic hydroxyl groups excluding tert-OH is 1. The Hall–Kier alpha value is -0.903. The van der Waals surface area contributed by atoms with Crippen molar-refractivity contribution >= 4 is 8.32 Å². The summed E-state index contributed by atoms with van der Waals surface area (Å²) in [5, 5.41) is 10.4. The first-order chi connectivity index (χ1) is 10.6. The normalized spacial score (nSPS) is 15.8. The van der Waals surface area contributed by atoms with E-state index in [-0.39, 0.29) is 5.04 Å². The van der Waals surface area contributed by atoms with E-state index in [9.17, 15) is 5.11 Å². The predicted octanol–water partition coefficient (Wildman–Crippen LogP) is 5.71. The van der Waals surface area contributed by atoms with Crippen LogP contribution in [0.4, 0.5) is 0 Å². The van der Waals surface area contributed by atoms with Crippen molar-refractivity contribution in [1.82, 2.24) is 0 Å². The molecule has 1 N–H and O–H groups in total. The molecule has 0 fully saturated rings. The zero-order chi connectivity index (χ0) is 17.5. The van der Waals surface area contributed by atoms with Gasteiger partial charge in [-0.1, -0.05) is 70.2 Å². The van der Waals surface area contributed by atoms with Crippen LogP contribution in [0.15, 0.2) is 42.5 Å². The molecular weight excluding hydrogens is 300 g/mol. The fraction of sp³-hybridized carbons (Fsp3) is 0.600. The lowest BCUT2D eigenvalue weighted by molar-refractivity contribution is 0.181. The summed E-state index contributed by atoms with van der Waals surface area (Å²) in [5.74, 6) is 0.475. The Bertz CT molecular complexity index is 474. The van der Waals surface area contributed by atoms with Gasteiger partial charge in [-0.05, 0) is 42.5 Å². The summed E-state index contributed by atoms with van der Waals surface area (Å²) in [5.41, 5.74) is 0.978. The Kier molecular flexibility index (Phi) is 7.72. The van der Waals surface area contributed by atoms with Crippen LogP contribution in [0.5, 0.6) is 0 Å². The van der Waals surface area contributed by atoms with Crippen molar-refractivity contribution < 1.29 is 9.53 Å². The quantitative estimate of drug-likeness (QED) is 0.487. The van der Waals surface area contributed by atoms with Crippen molar-refractivity contribution in [2.75, 3.05) is 6.61 Å². The highest BCUT2D eigenvalue weighted by Crippen LogP contribution is 2.36. The summed E-state index contributed by atoms with van der Waals surface area (Å²) in [7, 11) is -1.63. The molecule has 0 unspecified atom stereocenters. The summed E-state index contributed by atoms with van der Waals surface area (Å²) in [6.07, 6.45) is 5.57. The Morgan fingerprint density at radius 2 is 1.78 bits per heavy atom. The molecule has 1 rings (SSSR count). The molecule has 0 bridgehead atoms. The maximum atomic E-state index is 10.1. The second-order valence-corrected chi connectivity index (χ2v) is 12.8. The second kappa shape index (κ2) is 8.81. The van der Waals surface area contributed by atoms with E-state index in [1.165, 1.54) is 0 Å². The largest absolute Gasteiger partial charge is 0.417 e. The SMILES string of the molecule is C[C@@H](/C=C\C[C@@H](O)c1ccccc1)CCO[Si](C)(C)C(C)(C)C. The van der Waals surface area contributed by atoms with Crippen molar-refractivity contribution in [3.05, 3.63) is 48.0 Å². The van der Waals surface area contributed by atoms with E-state index in [1.807, 2.05) is 30.3 Å². The van der Waals surface area contributed by atoms with E-state index in [2.05, 4.69) is 52.9 Å². The van der Waals surface area contributed by atoms with Crippen LogP contribution in [0.1, 0.15) is 52.2 Å². The van der Waals surface area contributed by atoms with Crippen molar-refractivity contribution in [3.63, 3.8) is 0 Å². The van der Waals surface area contributed by atoms with Crippen LogP contribution in [0.3, 0.4) is 0 Å². The van der Waals surface area contributed by atoms with Gasteiger partial charge in [-0.15, -0.1) is 0 Å². The predicted molar refractivity (Wildman–Crippen MR) is 102 cm³/mol. The summed E-state index contributed by atoms with van der Waals surface area (Å²) in [4.78, 5) is 0. The highest BCUT2D eigenvalue weighted by molar-refractivity contribution is 6.74. The third-order valence-electron chi connectivity index (χ3n) is 4.85. The first-order valence-electron chi connectivity index (χ1n) is 8.67. The number of benzene rings is 1. The van der Waals surface area contributed by atoms with Crippen molar-refractivity contribution in [3.8, 4) is 0 Å². The fourth-order valence-corrected chi connectivity index (χ4v) is 3.12. The van der Waals surface area contributed by atoms with Gasteiger partial charge >= 0.3 is 0 Å². The molecule has 0 amide bonds. The van der Waals surface area contributed by atoms with Crippen LogP contribution in [-0.2, 0) is 4.43 Å². The Morgan fingerprint density at radius 1 is 1.17 bits per heavy atom.